The highest BCUT2D eigenvalue weighted by Crippen LogP contribution is 2.34. The molecule has 3 aromatic heterocycles. The lowest BCUT2D eigenvalue weighted by molar-refractivity contribution is -0.0366. The minimum atomic E-state index is 0.000346. The molecule has 30 heavy (non-hydrogen) atoms. The van der Waals surface area contributed by atoms with E-state index >= 15 is 0 Å². The van der Waals surface area contributed by atoms with Crippen LogP contribution in [0.25, 0.3) is 21.9 Å². The van der Waals surface area contributed by atoms with Crippen LogP contribution in [0.5, 0.6) is 0 Å². The van der Waals surface area contributed by atoms with Crippen molar-refractivity contribution in [1.82, 2.24) is 29.5 Å². The van der Waals surface area contributed by atoms with E-state index in [1.165, 1.54) is 0 Å². The molecular weight excluding hydrogens is 380 g/mol. The molecule has 0 aliphatic carbocycles. The minimum Gasteiger partial charge on any atom is -0.356 e. The van der Waals surface area contributed by atoms with Gasteiger partial charge in [0.2, 0.25) is 5.95 Å². The fourth-order valence-electron chi connectivity index (χ4n) is 4.03. The Morgan fingerprint density at radius 3 is 2.90 bits per heavy atom. The first kappa shape index (κ1) is 18.8. The average molecular weight is 406 g/mol. The number of nitrogens with zero attached hydrogens (tertiary/aromatic N) is 6. The second-order valence-corrected chi connectivity index (χ2v) is 7.66. The van der Waals surface area contributed by atoms with Gasteiger partial charge in [0, 0.05) is 31.8 Å². The lowest BCUT2D eigenvalue weighted by atomic mass is 10.1. The van der Waals surface area contributed by atoms with Gasteiger partial charge in [0.05, 0.1) is 22.8 Å². The fraction of sp³-hybridized carbons (Fsp3) is 0.429. The summed E-state index contributed by atoms with van der Waals surface area (Å²) in [6.07, 6.45) is 6.99. The molecule has 156 valence electrons. The average Bonchev–Trinajstić information content (AvgIpc) is 3.32. The number of nitrogens with one attached hydrogen (secondary N) is 2. The van der Waals surface area contributed by atoms with Crippen LogP contribution in [0.15, 0.2) is 24.5 Å². The van der Waals surface area contributed by atoms with Gasteiger partial charge in [-0.05, 0) is 44.7 Å². The molecule has 5 rings (SSSR count). The quantitative estimate of drug-likeness (QED) is 0.519. The van der Waals surface area contributed by atoms with Gasteiger partial charge in [-0.2, -0.15) is 15.2 Å². The number of aryl methyl sites for hydroxylation is 2. The van der Waals surface area contributed by atoms with Crippen LogP contribution in [-0.2, 0) is 11.8 Å². The topological polar surface area (TPSA) is 94.7 Å². The molecule has 4 aromatic rings. The van der Waals surface area contributed by atoms with Gasteiger partial charge in [0.25, 0.3) is 0 Å². The summed E-state index contributed by atoms with van der Waals surface area (Å²) >= 11 is 0. The SMILES string of the molecule is CCNc1ncc2c(Nc3c(C)ccc4c3cnn4C3CCCCO3)nn(C)c2n1. The van der Waals surface area contributed by atoms with Crippen molar-refractivity contribution in [2.75, 3.05) is 23.8 Å². The molecule has 1 unspecified atom stereocenters. The van der Waals surface area contributed by atoms with E-state index in [9.17, 15) is 0 Å². The van der Waals surface area contributed by atoms with Gasteiger partial charge in [0.1, 0.15) is 0 Å². The van der Waals surface area contributed by atoms with E-state index in [4.69, 9.17) is 4.74 Å². The van der Waals surface area contributed by atoms with Crippen molar-refractivity contribution in [3.63, 3.8) is 0 Å². The Morgan fingerprint density at radius 2 is 2.10 bits per heavy atom. The van der Waals surface area contributed by atoms with Gasteiger partial charge in [-0.15, -0.1) is 0 Å². The van der Waals surface area contributed by atoms with Crippen molar-refractivity contribution >= 4 is 39.4 Å². The van der Waals surface area contributed by atoms with Crippen LogP contribution in [0, 0.1) is 6.92 Å². The van der Waals surface area contributed by atoms with Gasteiger partial charge in [-0.1, -0.05) is 6.07 Å². The molecule has 9 nitrogen and oxygen atoms in total. The van der Waals surface area contributed by atoms with E-state index in [2.05, 4.69) is 49.9 Å². The number of hydrogen-bond donors (Lipinski definition) is 2. The predicted octanol–water partition coefficient (Wildman–Crippen LogP) is 3.90. The van der Waals surface area contributed by atoms with Crippen molar-refractivity contribution in [2.45, 2.75) is 39.3 Å². The maximum absolute atomic E-state index is 5.95. The number of fused-ring (bicyclic) bond motifs is 2. The monoisotopic (exact) mass is 406 g/mol. The van der Waals surface area contributed by atoms with E-state index in [-0.39, 0.29) is 6.23 Å². The molecule has 1 atom stereocenters. The van der Waals surface area contributed by atoms with Crippen molar-refractivity contribution < 1.29 is 4.74 Å². The zero-order chi connectivity index (χ0) is 20.7. The van der Waals surface area contributed by atoms with E-state index in [1.54, 1.807) is 4.68 Å². The molecule has 0 saturated carbocycles. The molecule has 4 heterocycles. The maximum atomic E-state index is 5.95. The van der Waals surface area contributed by atoms with Gasteiger partial charge in [0.15, 0.2) is 17.7 Å². The van der Waals surface area contributed by atoms with Crippen molar-refractivity contribution in [3.8, 4) is 0 Å². The van der Waals surface area contributed by atoms with Crippen LogP contribution in [0.2, 0.25) is 0 Å². The predicted molar refractivity (Wildman–Crippen MR) is 117 cm³/mol. The third kappa shape index (κ3) is 3.15. The summed E-state index contributed by atoms with van der Waals surface area (Å²) in [5, 5.41) is 17.9. The van der Waals surface area contributed by atoms with Crippen LogP contribution in [-0.4, -0.2) is 42.7 Å². The first-order valence-corrected chi connectivity index (χ1v) is 10.4. The summed E-state index contributed by atoms with van der Waals surface area (Å²) in [5.41, 5.74) is 3.95. The summed E-state index contributed by atoms with van der Waals surface area (Å²) in [6.45, 7) is 5.66. The van der Waals surface area contributed by atoms with Gasteiger partial charge in [-0.3, -0.25) is 0 Å². The summed E-state index contributed by atoms with van der Waals surface area (Å²) in [5.74, 6) is 1.33. The van der Waals surface area contributed by atoms with Crippen LogP contribution in [0.3, 0.4) is 0 Å². The van der Waals surface area contributed by atoms with Crippen molar-refractivity contribution in [2.24, 2.45) is 7.05 Å². The second-order valence-electron chi connectivity index (χ2n) is 7.66. The molecule has 9 heteroatoms. The zero-order valence-corrected chi connectivity index (χ0v) is 17.5. The van der Waals surface area contributed by atoms with Gasteiger partial charge >= 0.3 is 0 Å². The van der Waals surface area contributed by atoms with Crippen molar-refractivity contribution in [1.29, 1.82) is 0 Å². The molecule has 0 radical (unpaired) electrons. The molecule has 1 fully saturated rings. The summed E-state index contributed by atoms with van der Waals surface area (Å²) in [4.78, 5) is 9.00. The summed E-state index contributed by atoms with van der Waals surface area (Å²) in [7, 11) is 1.89. The molecule has 1 saturated heterocycles. The van der Waals surface area contributed by atoms with E-state index in [1.807, 2.05) is 31.0 Å². The lowest BCUT2D eigenvalue weighted by Crippen LogP contribution is -2.18. The van der Waals surface area contributed by atoms with E-state index in [0.717, 1.165) is 71.4 Å². The molecular formula is C21H26N8O. The third-order valence-electron chi connectivity index (χ3n) is 5.58. The number of aromatic nitrogens is 6. The first-order chi connectivity index (χ1) is 14.7. The smallest absolute Gasteiger partial charge is 0.224 e. The molecule has 1 aromatic carbocycles. The zero-order valence-electron chi connectivity index (χ0n) is 17.5. The Balaban J connectivity index is 1.55. The fourth-order valence-corrected chi connectivity index (χ4v) is 4.03. The molecule has 0 spiro atoms. The summed E-state index contributed by atoms with van der Waals surface area (Å²) in [6, 6.07) is 4.22. The summed E-state index contributed by atoms with van der Waals surface area (Å²) < 4.78 is 9.73. The maximum Gasteiger partial charge on any atom is 0.224 e. The Hall–Kier alpha value is -3.20. The first-order valence-electron chi connectivity index (χ1n) is 10.4. The Bertz CT molecular complexity index is 1200. The number of benzene rings is 1. The molecule has 0 amide bonds. The molecule has 1 aliphatic rings. The lowest BCUT2D eigenvalue weighted by Gasteiger charge is -2.23. The van der Waals surface area contributed by atoms with E-state index < -0.39 is 0 Å². The van der Waals surface area contributed by atoms with Crippen molar-refractivity contribution in [3.05, 3.63) is 30.1 Å². The van der Waals surface area contributed by atoms with E-state index in [0.29, 0.717) is 5.95 Å². The largest absolute Gasteiger partial charge is 0.356 e. The molecule has 0 bridgehead atoms. The standard InChI is InChI=1S/C21H26N8O/c1-4-22-21-23-11-15-19(27-28(3)20(15)26-21)25-18-13(2)8-9-16-14(18)12-24-29(16)17-7-5-6-10-30-17/h8-9,11-12,17H,4-7,10H2,1-3H3,(H,25,27)(H,22,23,26). The minimum absolute atomic E-state index is 0.000346. The van der Waals surface area contributed by atoms with Crippen LogP contribution < -0.4 is 10.6 Å². The van der Waals surface area contributed by atoms with Crippen LogP contribution in [0.1, 0.15) is 38.0 Å². The number of hydrogen-bond acceptors (Lipinski definition) is 7. The van der Waals surface area contributed by atoms with Crippen LogP contribution >= 0.6 is 0 Å². The molecule has 2 N–H and O–H groups in total. The Morgan fingerprint density at radius 1 is 1.20 bits per heavy atom. The number of anilines is 3. The van der Waals surface area contributed by atoms with Gasteiger partial charge < -0.3 is 15.4 Å². The van der Waals surface area contributed by atoms with Crippen LogP contribution in [0.4, 0.5) is 17.5 Å². The Labute approximate surface area is 174 Å². The normalized spacial score (nSPS) is 17.0. The highest BCUT2D eigenvalue weighted by Gasteiger charge is 2.21. The highest BCUT2D eigenvalue weighted by atomic mass is 16.5. The Kier molecular flexibility index (Phi) is 4.74. The number of ether oxygens (including phenoxy) is 1. The molecule has 1 aliphatic heterocycles. The third-order valence-corrected chi connectivity index (χ3v) is 5.58. The highest BCUT2D eigenvalue weighted by molar-refractivity contribution is 5.98. The van der Waals surface area contributed by atoms with Gasteiger partial charge in [-0.25, -0.2) is 14.3 Å². The number of rotatable bonds is 5. The second kappa shape index (κ2) is 7.56.